The molecule has 23 heavy (non-hydrogen) atoms. The van der Waals surface area contributed by atoms with E-state index in [0.29, 0.717) is 18.1 Å². The lowest BCUT2D eigenvalue weighted by atomic mass is 10.4. The summed E-state index contributed by atoms with van der Waals surface area (Å²) in [5, 5.41) is 0. The molecule has 0 aliphatic heterocycles. The minimum absolute atomic E-state index is 0.162. The van der Waals surface area contributed by atoms with Crippen molar-refractivity contribution in [3.05, 3.63) is 36.8 Å². The molecule has 2 heterocycles. The Morgan fingerprint density at radius 3 is 2.83 bits per heavy atom. The van der Waals surface area contributed by atoms with Gasteiger partial charge in [0.05, 0.1) is 19.0 Å². The van der Waals surface area contributed by atoms with Crippen LogP contribution < -0.4 is 19.5 Å². The Balaban J connectivity index is 2.24. The SMILES string of the molecule is COCCOc1cc(Oc2cccnc2)cnc1N(S)C(N)=O. The summed E-state index contributed by atoms with van der Waals surface area (Å²) in [7, 11) is 1.55. The molecular formula is C14H16N4O4S. The first kappa shape index (κ1) is 16.8. The maximum Gasteiger partial charge on any atom is 0.330 e. The van der Waals surface area contributed by atoms with Crippen LogP contribution in [0.3, 0.4) is 0 Å². The molecule has 0 aliphatic rings. The van der Waals surface area contributed by atoms with Gasteiger partial charge in [0, 0.05) is 19.4 Å². The first-order chi connectivity index (χ1) is 11.1. The summed E-state index contributed by atoms with van der Waals surface area (Å²) in [6.07, 6.45) is 4.63. The second kappa shape index (κ2) is 8.20. The van der Waals surface area contributed by atoms with Gasteiger partial charge in [0.15, 0.2) is 11.6 Å². The van der Waals surface area contributed by atoms with Crippen LogP contribution >= 0.6 is 12.8 Å². The number of rotatable bonds is 7. The fourth-order valence-corrected chi connectivity index (χ4v) is 1.77. The monoisotopic (exact) mass is 336 g/mol. The van der Waals surface area contributed by atoms with Gasteiger partial charge in [-0.15, -0.1) is 0 Å². The van der Waals surface area contributed by atoms with E-state index in [2.05, 4.69) is 22.8 Å². The third-order valence-electron chi connectivity index (χ3n) is 2.63. The first-order valence-electron chi connectivity index (χ1n) is 6.60. The van der Waals surface area contributed by atoms with Gasteiger partial charge in [0.1, 0.15) is 18.1 Å². The standard InChI is InChI=1S/C14H16N4O4S/c1-20-5-6-21-12-7-11(22-10-3-2-4-16-8-10)9-17-13(12)18(23)14(15)19/h2-4,7-9,23H,5-6H2,1H3,(H2,15,19). The van der Waals surface area contributed by atoms with Crippen LogP contribution in [0.15, 0.2) is 36.8 Å². The summed E-state index contributed by atoms with van der Waals surface area (Å²) in [6, 6.07) is 4.30. The molecule has 0 spiro atoms. The number of nitrogens with zero attached hydrogens (tertiary/aromatic N) is 3. The molecule has 0 saturated heterocycles. The van der Waals surface area contributed by atoms with Gasteiger partial charge in [-0.2, -0.15) is 0 Å². The van der Waals surface area contributed by atoms with Crippen LogP contribution in [-0.2, 0) is 4.74 Å². The Labute approximate surface area is 138 Å². The number of carbonyl (C=O) groups is 1. The summed E-state index contributed by atoms with van der Waals surface area (Å²) in [5.41, 5.74) is 5.20. The van der Waals surface area contributed by atoms with Gasteiger partial charge in [-0.25, -0.2) is 14.1 Å². The third kappa shape index (κ3) is 4.73. The van der Waals surface area contributed by atoms with Crippen molar-refractivity contribution in [2.45, 2.75) is 0 Å². The predicted molar refractivity (Wildman–Crippen MR) is 87.0 cm³/mol. The summed E-state index contributed by atoms with van der Waals surface area (Å²) in [4.78, 5) is 19.3. The van der Waals surface area contributed by atoms with Crippen molar-refractivity contribution >= 4 is 24.7 Å². The molecule has 0 bridgehead atoms. The first-order valence-corrected chi connectivity index (χ1v) is 7.00. The average Bonchev–Trinajstić information content (AvgIpc) is 2.55. The van der Waals surface area contributed by atoms with Crippen molar-refractivity contribution in [3.8, 4) is 17.2 Å². The van der Waals surface area contributed by atoms with Gasteiger partial charge in [-0.3, -0.25) is 4.98 Å². The molecular weight excluding hydrogens is 320 g/mol. The molecule has 9 heteroatoms. The molecule has 8 nitrogen and oxygen atoms in total. The molecule has 0 saturated carbocycles. The lowest BCUT2D eigenvalue weighted by Gasteiger charge is -2.17. The van der Waals surface area contributed by atoms with E-state index in [1.807, 2.05) is 0 Å². The molecule has 0 radical (unpaired) electrons. The number of primary amides is 1. The van der Waals surface area contributed by atoms with Crippen LogP contribution in [0.4, 0.5) is 10.6 Å². The number of urea groups is 1. The van der Waals surface area contributed by atoms with E-state index in [1.54, 1.807) is 37.7 Å². The molecule has 122 valence electrons. The number of thiol groups is 1. The van der Waals surface area contributed by atoms with E-state index in [4.69, 9.17) is 19.9 Å². The lowest BCUT2D eigenvalue weighted by molar-refractivity contribution is 0.146. The largest absolute Gasteiger partial charge is 0.487 e. The Bertz CT molecular complexity index is 656. The molecule has 2 rings (SSSR count). The van der Waals surface area contributed by atoms with Crippen LogP contribution in [0.25, 0.3) is 0 Å². The topological polar surface area (TPSA) is 99.8 Å². The molecule has 0 unspecified atom stereocenters. The van der Waals surface area contributed by atoms with Gasteiger partial charge >= 0.3 is 6.03 Å². The predicted octanol–water partition coefficient (Wildman–Crippen LogP) is 2.02. The van der Waals surface area contributed by atoms with E-state index in [1.165, 1.54) is 6.20 Å². The number of amides is 2. The molecule has 0 aliphatic carbocycles. The molecule has 0 fully saturated rings. The van der Waals surface area contributed by atoms with Crippen molar-refractivity contribution in [1.82, 2.24) is 9.97 Å². The number of aromatic nitrogens is 2. The van der Waals surface area contributed by atoms with Gasteiger partial charge in [0.25, 0.3) is 0 Å². The maximum atomic E-state index is 11.3. The fraction of sp³-hybridized carbons (Fsp3) is 0.214. The normalized spacial score (nSPS) is 10.2. The number of anilines is 1. The quantitative estimate of drug-likeness (QED) is 0.593. The molecule has 0 aromatic carbocycles. The Morgan fingerprint density at radius 1 is 1.35 bits per heavy atom. The van der Waals surface area contributed by atoms with Crippen LogP contribution in [0.1, 0.15) is 0 Å². The third-order valence-corrected chi connectivity index (χ3v) is 3.02. The highest BCUT2D eigenvalue weighted by molar-refractivity contribution is 7.82. The highest BCUT2D eigenvalue weighted by Gasteiger charge is 2.17. The van der Waals surface area contributed by atoms with Gasteiger partial charge in [-0.1, -0.05) is 12.8 Å². The second-order valence-corrected chi connectivity index (χ2v) is 4.67. The molecule has 0 atom stereocenters. The minimum atomic E-state index is -0.779. The Morgan fingerprint density at radius 2 is 2.17 bits per heavy atom. The number of nitrogens with two attached hydrogens (primary N) is 1. The number of pyridine rings is 2. The number of hydrogen-bond acceptors (Lipinski definition) is 7. The second-order valence-electron chi connectivity index (χ2n) is 4.27. The van der Waals surface area contributed by atoms with Crippen LogP contribution in [-0.4, -0.2) is 36.3 Å². The zero-order valence-electron chi connectivity index (χ0n) is 12.4. The summed E-state index contributed by atoms with van der Waals surface area (Å²) < 4.78 is 17.0. The van der Waals surface area contributed by atoms with E-state index in [-0.39, 0.29) is 18.2 Å². The van der Waals surface area contributed by atoms with Gasteiger partial charge in [0.2, 0.25) is 0 Å². The van der Waals surface area contributed by atoms with Crippen molar-refractivity contribution in [1.29, 1.82) is 0 Å². The fourth-order valence-electron chi connectivity index (χ4n) is 1.62. The molecule has 2 aromatic heterocycles. The average molecular weight is 336 g/mol. The van der Waals surface area contributed by atoms with Crippen molar-refractivity contribution in [2.24, 2.45) is 5.73 Å². The maximum absolute atomic E-state index is 11.3. The summed E-state index contributed by atoms with van der Waals surface area (Å²) >= 11 is 4.00. The summed E-state index contributed by atoms with van der Waals surface area (Å²) in [6.45, 7) is 0.637. The molecule has 2 N–H and O–H groups in total. The number of methoxy groups -OCH3 is 1. The van der Waals surface area contributed by atoms with E-state index >= 15 is 0 Å². The van der Waals surface area contributed by atoms with Gasteiger partial charge < -0.3 is 19.9 Å². The zero-order chi connectivity index (χ0) is 16.7. The van der Waals surface area contributed by atoms with E-state index in [9.17, 15) is 4.79 Å². The minimum Gasteiger partial charge on any atom is -0.487 e. The van der Waals surface area contributed by atoms with Crippen molar-refractivity contribution in [2.75, 3.05) is 24.6 Å². The van der Waals surface area contributed by atoms with Crippen LogP contribution in [0, 0.1) is 0 Å². The highest BCUT2D eigenvalue weighted by atomic mass is 32.1. The Kier molecular flexibility index (Phi) is 6.01. The number of ether oxygens (including phenoxy) is 3. The number of hydrogen-bond donors (Lipinski definition) is 2. The van der Waals surface area contributed by atoms with Crippen LogP contribution in [0.5, 0.6) is 17.2 Å². The van der Waals surface area contributed by atoms with E-state index < -0.39 is 6.03 Å². The molecule has 2 amide bonds. The lowest BCUT2D eigenvalue weighted by Crippen LogP contribution is -2.28. The highest BCUT2D eigenvalue weighted by Crippen LogP contribution is 2.32. The van der Waals surface area contributed by atoms with Gasteiger partial charge in [-0.05, 0) is 12.1 Å². The smallest absolute Gasteiger partial charge is 0.330 e. The summed E-state index contributed by atoms with van der Waals surface area (Å²) in [5.74, 6) is 1.41. The van der Waals surface area contributed by atoms with Crippen molar-refractivity contribution < 1.29 is 19.0 Å². The Hall–Kier alpha value is -2.52. The van der Waals surface area contributed by atoms with Crippen LogP contribution in [0.2, 0.25) is 0 Å². The van der Waals surface area contributed by atoms with E-state index in [0.717, 1.165) is 4.31 Å². The van der Waals surface area contributed by atoms with Crippen molar-refractivity contribution in [3.63, 3.8) is 0 Å². The molecule has 2 aromatic rings. The zero-order valence-corrected chi connectivity index (χ0v) is 13.3. The number of carbonyl (C=O) groups excluding carboxylic acids is 1.